The molecule has 0 saturated heterocycles. The number of hydrogen-bond acceptors (Lipinski definition) is 1. The number of hydrogen-bond donors (Lipinski definition) is 1. The van der Waals surface area contributed by atoms with E-state index in [0.29, 0.717) is 16.6 Å². The van der Waals surface area contributed by atoms with E-state index in [2.05, 4.69) is 20.9 Å². The zero-order chi connectivity index (χ0) is 16.0. The topological polar surface area (TPSA) is 28.1 Å². The van der Waals surface area contributed by atoms with E-state index < -0.39 is 0 Å². The summed E-state index contributed by atoms with van der Waals surface area (Å²) in [6.45, 7) is 0.621. The molecule has 2 aromatic carbocycles. The molecular formula is C18H11BrCl2N2. The highest BCUT2D eigenvalue weighted by molar-refractivity contribution is 9.10. The van der Waals surface area contributed by atoms with Crippen molar-refractivity contribution in [1.82, 2.24) is 4.98 Å². The van der Waals surface area contributed by atoms with Crippen molar-refractivity contribution < 1.29 is 0 Å². The van der Waals surface area contributed by atoms with Crippen LogP contribution in [0.25, 0.3) is 11.1 Å². The number of nitrogens with one attached hydrogen (secondary N) is 1. The van der Waals surface area contributed by atoms with Crippen LogP contribution in [0, 0.1) is 0 Å². The summed E-state index contributed by atoms with van der Waals surface area (Å²) in [4.78, 5) is 8.01. The van der Waals surface area contributed by atoms with Gasteiger partial charge in [0, 0.05) is 49.2 Å². The summed E-state index contributed by atoms with van der Waals surface area (Å²) >= 11 is 16.0. The summed E-state index contributed by atoms with van der Waals surface area (Å²) in [5.41, 5.74) is 6.39. The number of nitrogens with zero attached hydrogens (tertiary/aromatic N) is 1. The highest BCUT2D eigenvalue weighted by atomic mass is 79.9. The summed E-state index contributed by atoms with van der Waals surface area (Å²) in [5, 5.41) is 1.39. The Hall–Kier alpha value is -1.55. The zero-order valence-electron chi connectivity index (χ0n) is 11.9. The standard InChI is InChI=1S/C18H11BrCl2N2/c19-16-6-13(21)5-14-17(16)15-9-22-7-11(15)8-23-18(14)10-1-3-12(20)4-2-10/h1-7,9,22H,8H2. The molecule has 0 bridgehead atoms. The molecule has 4 rings (SSSR count). The molecule has 1 N–H and O–H groups in total. The van der Waals surface area contributed by atoms with E-state index in [1.54, 1.807) is 0 Å². The smallest absolute Gasteiger partial charge is 0.0730 e. The molecule has 23 heavy (non-hydrogen) atoms. The molecule has 0 amide bonds. The molecule has 0 fully saturated rings. The van der Waals surface area contributed by atoms with Crippen molar-refractivity contribution in [3.05, 3.63) is 80.0 Å². The number of benzene rings is 2. The Morgan fingerprint density at radius 1 is 0.957 bits per heavy atom. The fourth-order valence-electron chi connectivity index (χ4n) is 2.90. The van der Waals surface area contributed by atoms with Gasteiger partial charge in [-0.15, -0.1) is 0 Å². The van der Waals surface area contributed by atoms with Gasteiger partial charge in [0.25, 0.3) is 0 Å². The van der Waals surface area contributed by atoms with E-state index in [1.165, 1.54) is 5.56 Å². The van der Waals surface area contributed by atoms with Crippen LogP contribution >= 0.6 is 39.1 Å². The maximum atomic E-state index is 6.30. The van der Waals surface area contributed by atoms with Gasteiger partial charge in [-0.2, -0.15) is 0 Å². The van der Waals surface area contributed by atoms with Crippen molar-refractivity contribution >= 4 is 44.8 Å². The van der Waals surface area contributed by atoms with Crippen molar-refractivity contribution in [3.63, 3.8) is 0 Å². The van der Waals surface area contributed by atoms with Crippen LogP contribution in [-0.2, 0) is 6.54 Å². The molecule has 0 radical (unpaired) electrons. The molecule has 0 spiro atoms. The SMILES string of the molecule is Clc1ccc(C2=NCc3c[nH]cc3-c3c(Br)cc(Cl)cc32)cc1. The van der Waals surface area contributed by atoms with Crippen LogP contribution in [0.3, 0.4) is 0 Å². The molecule has 1 aliphatic rings. The maximum Gasteiger partial charge on any atom is 0.0730 e. The Kier molecular flexibility index (Phi) is 3.80. The molecule has 0 aliphatic carbocycles. The summed E-state index contributed by atoms with van der Waals surface area (Å²) in [6, 6.07) is 11.6. The fraction of sp³-hybridized carbons (Fsp3) is 0.0556. The van der Waals surface area contributed by atoms with Crippen LogP contribution in [-0.4, -0.2) is 10.7 Å². The van der Waals surface area contributed by atoms with Gasteiger partial charge in [0.15, 0.2) is 0 Å². The molecule has 1 aliphatic heterocycles. The fourth-order valence-corrected chi connectivity index (χ4v) is 4.05. The van der Waals surface area contributed by atoms with E-state index in [0.717, 1.165) is 32.4 Å². The third-order valence-corrected chi connectivity index (χ3v) is 5.03. The van der Waals surface area contributed by atoms with Gasteiger partial charge in [-0.25, -0.2) is 0 Å². The monoisotopic (exact) mass is 404 g/mol. The van der Waals surface area contributed by atoms with E-state index in [4.69, 9.17) is 28.2 Å². The second-order valence-corrected chi connectivity index (χ2v) is 7.10. The van der Waals surface area contributed by atoms with Crippen molar-refractivity contribution in [3.8, 4) is 11.1 Å². The van der Waals surface area contributed by atoms with E-state index in [-0.39, 0.29) is 0 Å². The number of fused-ring (bicyclic) bond motifs is 3. The predicted molar refractivity (Wildman–Crippen MR) is 99.7 cm³/mol. The lowest BCUT2D eigenvalue weighted by Gasteiger charge is -2.13. The van der Waals surface area contributed by atoms with Gasteiger partial charge in [-0.1, -0.05) is 51.3 Å². The Bertz CT molecular complexity index is 927. The van der Waals surface area contributed by atoms with Crippen molar-refractivity contribution in [2.24, 2.45) is 4.99 Å². The molecule has 0 saturated carbocycles. The van der Waals surface area contributed by atoms with Crippen LogP contribution in [0.4, 0.5) is 0 Å². The first-order valence-electron chi connectivity index (χ1n) is 7.09. The van der Waals surface area contributed by atoms with Crippen molar-refractivity contribution in [1.29, 1.82) is 0 Å². The van der Waals surface area contributed by atoms with Gasteiger partial charge in [0.2, 0.25) is 0 Å². The van der Waals surface area contributed by atoms with Crippen molar-refractivity contribution in [2.75, 3.05) is 0 Å². The number of rotatable bonds is 1. The van der Waals surface area contributed by atoms with Gasteiger partial charge in [0.05, 0.1) is 12.3 Å². The van der Waals surface area contributed by atoms with Crippen LogP contribution in [0.5, 0.6) is 0 Å². The first-order valence-corrected chi connectivity index (χ1v) is 8.64. The molecule has 5 heteroatoms. The normalized spacial score (nSPS) is 13.1. The summed E-state index contributed by atoms with van der Waals surface area (Å²) in [6.07, 6.45) is 4.00. The highest BCUT2D eigenvalue weighted by Crippen LogP contribution is 2.39. The lowest BCUT2D eigenvalue weighted by atomic mass is 9.94. The van der Waals surface area contributed by atoms with Crippen molar-refractivity contribution in [2.45, 2.75) is 6.54 Å². The first kappa shape index (κ1) is 15.0. The predicted octanol–water partition coefficient (Wildman–Crippen LogP) is 6.10. The van der Waals surface area contributed by atoms with E-state index >= 15 is 0 Å². The molecule has 114 valence electrons. The minimum Gasteiger partial charge on any atom is -0.367 e. The van der Waals surface area contributed by atoms with Gasteiger partial charge >= 0.3 is 0 Å². The van der Waals surface area contributed by atoms with E-state index in [9.17, 15) is 0 Å². The highest BCUT2D eigenvalue weighted by Gasteiger charge is 2.22. The molecule has 3 aromatic rings. The zero-order valence-corrected chi connectivity index (χ0v) is 15.0. The average Bonchev–Trinajstić information content (AvgIpc) is 2.91. The number of aliphatic imine (C=N–C) groups is 1. The third-order valence-electron chi connectivity index (χ3n) is 3.94. The second-order valence-electron chi connectivity index (χ2n) is 5.38. The van der Waals surface area contributed by atoms with E-state index in [1.807, 2.05) is 48.8 Å². The number of aromatic amines is 1. The van der Waals surface area contributed by atoms with Crippen LogP contribution in [0.1, 0.15) is 16.7 Å². The maximum absolute atomic E-state index is 6.30. The van der Waals surface area contributed by atoms with Gasteiger partial charge in [0.1, 0.15) is 0 Å². The Balaban J connectivity index is 2.01. The first-order chi connectivity index (χ1) is 11.1. The van der Waals surface area contributed by atoms with Gasteiger partial charge in [-0.05, 0) is 29.8 Å². The lowest BCUT2D eigenvalue weighted by Crippen LogP contribution is -2.05. The molecular weight excluding hydrogens is 395 g/mol. The molecule has 0 unspecified atom stereocenters. The van der Waals surface area contributed by atoms with Gasteiger partial charge < -0.3 is 4.98 Å². The molecule has 2 nitrogen and oxygen atoms in total. The quantitative estimate of drug-likeness (QED) is 0.506. The average molecular weight is 406 g/mol. The minimum absolute atomic E-state index is 0.621. The second kappa shape index (κ2) is 5.82. The number of halogens is 3. The minimum atomic E-state index is 0.621. The molecule has 1 aromatic heterocycles. The Morgan fingerprint density at radius 2 is 1.74 bits per heavy atom. The number of H-pyrrole nitrogens is 1. The molecule has 2 heterocycles. The lowest BCUT2D eigenvalue weighted by molar-refractivity contribution is 1.08. The van der Waals surface area contributed by atoms with Crippen LogP contribution in [0.15, 0.2) is 58.3 Å². The number of aromatic nitrogens is 1. The summed E-state index contributed by atoms with van der Waals surface area (Å²) in [7, 11) is 0. The van der Waals surface area contributed by atoms with Crippen LogP contribution < -0.4 is 0 Å². The largest absolute Gasteiger partial charge is 0.367 e. The molecule has 0 atom stereocenters. The Morgan fingerprint density at radius 3 is 2.52 bits per heavy atom. The summed E-state index contributed by atoms with van der Waals surface area (Å²) < 4.78 is 0.962. The third kappa shape index (κ3) is 2.63. The van der Waals surface area contributed by atoms with Crippen LogP contribution in [0.2, 0.25) is 10.0 Å². The van der Waals surface area contributed by atoms with Gasteiger partial charge in [-0.3, -0.25) is 4.99 Å². The summed E-state index contributed by atoms with van der Waals surface area (Å²) in [5.74, 6) is 0. The Labute approximate surface area is 152 Å².